The maximum Gasteiger partial charge on any atom is 0.280 e. The Balaban J connectivity index is 1.62. The molecule has 11 heteroatoms. The van der Waals surface area contributed by atoms with Crippen molar-refractivity contribution in [1.82, 2.24) is 19.5 Å². The first-order valence-corrected chi connectivity index (χ1v) is 11.6. The lowest BCUT2D eigenvalue weighted by Crippen LogP contribution is -2.35. The van der Waals surface area contributed by atoms with Crippen molar-refractivity contribution >= 4 is 29.0 Å². The van der Waals surface area contributed by atoms with Gasteiger partial charge >= 0.3 is 0 Å². The molecule has 0 bridgehead atoms. The van der Waals surface area contributed by atoms with E-state index >= 15 is 0 Å². The Morgan fingerprint density at radius 3 is 2.39 bits per heavy atom. The Morgan fingerprint density at radius 1 is 1.17 bits per heavy atom. The zero-order valence-corrected chi connectivity index (χ0v) is 19.3. The molecule has 3 heterocycles. The largest absolute Gasteiger partial charge is 0.394 e. The quantitative estimate of drug-likeness (QED) is 0.336. The number of rotatable bonds is 4. The Bertz CT molecular complexity index is 1520. The average Bonchev–Trinajstić information content (AvgIpc) is 3.51. The van der Waals surface area contributed by atoms with Crippen LogP contribution >= 0.6 is 0 Å². The lowest BCUT2D eigenvalue weighted by Gasteiger charge is -2.30. The summed E-state index contributed by atoms with van der Waals surface area (Å²) in [5.74, 6) is -0.304. The number of ether oxygens (including phenoxy) is 1. The van der Waals surface area contributed by atoms with Crippen LogP contribution in [0.1, 0.15) is 36.7 Å². The van der Waals surface area contributed by atoms with Gasteiger partial charge in [0.05, 0.1) is 18.8 Å². The van der Waals surface area contributed by atoms with Crippen LogP contribution in [0, 0.1) is 0 Å². The topological polar surface area (TPSA) is 160 Å². The standard InChI is InChI=1S/C25H24N6O5/c1-12(33)30(21-15-8-4-2-6-13(15)14-7-3-5-9-16(14)21)25-27-20-22(28-24(26)29-23(20)35)31(25)19-10-17(34)18(11-32)36-19/h2-9,17-19,21,32,34H,10-11H2,1H3,(H3,26,28,29,35)/t17-,18+,19+/m0/s1. The molecule has 2 aromatic heterocycles. The normalized spacial score (nSPS) is 21.0. The molecule has 2 aromatic carbocycles. The van der Waals surface area contributed by atoms with Crippen molar-refractivity contribution in [2.75, 3.05) is 17.2 Å². The van der Waals surface area contributed by atoms with Gasteiger partial charge in [-0.05, 0) is 22.3 Å². The first-order chi connectivity index (χ1) is 17.4. The molecule has 3 atom stereocenters. The van der Waals surface area contributed by atoms with Gasteiger partial charge in [0.1, 0.15) is 12.3 Å². The number of nitrogens with one attached hydrogen (secondary N) is 1. The van der Waals surface area contributed by atoms with Crippen LogP contribution in [0.2, 0.25) is 0 Å². The number of hydrogen-bond donors (Lipinski definition) is 4. The van der Waals surface area contributed by atoms with E-state index in [1.165, 1.54) is 16.4 Å². The second-order valence-electron chi connectivity index (χ2n) is 8.99. The third kappa shape index (κ3) is 3.24. The molecular formula is C25H24N6O5. The fourth-order valence-corrected chi connectivity index (χ4v) is 5.31. The number of aromatic amines is 1. The van der Waals surface area contributed by atoms with Gasteiger partial charge in [0.25, 0.3) is 5.56 Å². The number of H-pyrrole nitrogens is 1. The number of carbonyl (C=O) groups excluding carboxylic acids is 1. The Morgan fingerprint density at radius 2 is 1.81 bits per heavy atom. The van der Waals surface area contributed by atoms with E-state index in [9.17, 15) is 19.8 Å². The SMILES string of the molecule is CC(=O)N(c1nc2c(=O)[nH]c(N)nc2n1[C@H]1C[C@H](O)[C@@H](CO)O1)C1c2ccccc2-c2ccccc21. The van der Waals surface area contributed by atoms with Crippen LogP contribution in [0.3, 0.4) is 0 Å². The first-order valence-electron chi connectivity index (χ1n) is 11.6. The van der Waals surface area contributed by atoms with Gasteiger partial charge in [-0.2, -0.15) is 4.98 Å². The van der Waals surface area contributed by atoms with Gasteiger partial charge in [-0.15, -0.1) is 0 Å². The molecule has 1 aliphatic heterocycles. The number of carbonyl (C=O) groups is 1. The first kappa shape index (κ1) is 22.4. The van der Waals surface area contributed by atoms with Gasteiger partial charge in [-0.3, -0.25) is 24.0 Å². The van der Waals surface area contributed by atoms with Crippen molar-refractivity contribution in [3.8, 4) is 11.1 Å². The van der Waals surface area contributed by atoms with Crippen LogP contribution in [0.4, 0.5) is 11.9 Å². The highest BCUT2D eigenvalue weighted by Gasteiger charge is 2.42. The number of amides is 1. The molecule has 6 rings (SSSR count). The third-order valence-corrected chi connectivity index (χ3v) is 6.84. The second-order valence-corrected chi connectivity index (χ2v) is 8.99. The van der Waals surface area contributed by atoms with E-state index in [0.717, 1.165) is 22.3 Å². The molecule has 0 saturated carbocycles. The van der Waals surface area contributed by atoms with E-state index in [2.05, 4.69) is 15.0 Å². The van der Waals surface area contributed by atoms with Crippen LogP contribution in [-0.4, -0.2) is 54.5 Å². The predicted molar refractivity (Wildman–Crippen MR) is 131 cm³/mol. The number of anilines is 2. The highest BCUT2D eigenvalue weighted by atomic mass is 16.5. The predicted octanol–water partition coefficient (Wildman–Crippen LogP) is 1.47. The molecule has 4 aromatic rings. The molecule has 5 N–H and O–H groups in total. The number of benzene rings is 2. The molecule has 11 nitrogen and oxygen atoms in total. The van der Waals surface area contributed by atoms with Gasteiger partial charge in [-0.25, -0.2) is 4.98 Å². The van der Waals surface area contributed by atoms with Gasteiger partial charge in [0.15, 0.2) is 11.2 Å². The van der Waals surface area contributed by atoms with Crippen LogP contribution in [0.5, 0.6) is 0 Å². The number of fused-ring (bicyclic) bond motifs is 4. The lowest BCUT2D eigenvalue weighted by molar-refractivity contribution is -0.117. The van der Waals surface area contributed by atoms with E-state index in [0.29, 0.717) is 0 Å². The minimum absolute atomic E-state index is 0.0180. The summed E-state index contributed by atoms with van der Waals surface area (Å²) in [6.45, 7) is 1.04. The molecule has 0 radical (unpaired) electrons. The molecule has 0 unspecified atom stereocenters. The average molecular weight is 489 g/mol. The number of aliphatic hydroxyl groups excluding tert-OH is 2. The van der Waals surface area contributed by atoms with Crippen molar-refractivity contribution in [3.05, 3.63) is 70.0 Å². The van der Waals surface area contributed by atoms with E-state index in [1.54, 1.807) is 0 Å². The summed E-state index contributed by atoms with van der Waals surface area (Å²) in [5, 5.41) is 20.1. The summed E-state index contributed by atoms with van der Waals surface area (Å²) in [6, 6.07) is 15.1. The maximum absolute atomic E-state index is 13.3. The molecule has 2 aliphatic rings. The molecule has 1 amide bonds. The minimum atomic E-state index is -0.955. The van der Waals surface area contributed by atoms with Crippen molar-refractivity contribution in [1.29, 1.82) is 0 Å². The van der Waals surface area contributed by atoms with E-state index in [-0.39, 0.29) is 35.4 Å². The number of imidazole rings is 1. The fourth-order valence-electron chi connectivity index (χ4n) is 5.31. The molecule has 1 saturated heterocycles. The number of nitrogens with two attached hydrogens (primary N) is 1. The monoisotopic (exact) mass is 488 g/mol. The van der Waals surface area contributed by atoms with Crippen LogP contribution in [0.15, 0.2) is 53.3 Å². The molecule has 184 valence electrons. The number of hydrogen-bond acceptors (Lipinski definition) is 8. The highest BCUT2D eigenvalue weighted by molar-refractivity contribution is 5.96. The number of aromatic nitrogens is 4. The minimum Gasteiger partial charge on any atom is -0.394 e. The zero-order valence-electron chi connectivity index (χ0n) is 19.3. The number of nitrogen functional groups attached to an aromatic ring is 1. The van der Waals surface area contributed by atoms with Crippen LogP contribution < -0.4 is 16.2 Å². The van der Waals surface area contributed by atoms with E-state index < -0.39 is 36.6 Å². The van der Waals surface area contributed by atoms with Gasteiger partial charge in [0.2, 0.25) is 17.8 Å². The van der Waals surface area contributed by atoms with Gasteiger partial charge in [0, 0.05) is 13.3 Å². The summed E-state index contributed by atoms with van der Waals surface area (Å²) >= 11 is 0. The summed E-state index contributed by atoms with van der Waals surface area (Å²) in [5.41, 5.74) is 9.21. The second kappa shape index (κ2) is 8.26. The Labute approximate surface area is 204 Å². The molecule has 1 aliphatic carbocycles. The van der Waals surface area contributed by atoms with Crippen LogP contribution in [0.25, 0.3) is 22.3 Å². The van der Waals surface area contributed by atoms with Crippen LogP contribution in [-0.2, 0) is 9.53 Å². The summed E-state index contributed by atoms with van der Waals surface area (Å²) < 4.78 is 7.44. The van der Waals surface area contributed by atoms with E-state index in [1.807, 2.05) is 48.5 Å². The summed E-state index contributed by atoms with van der Waals surface area (Å²) in [4.78, 5) is 39.0. The van der Waals surface area contributed by atoms with Crippen molar-refractivity contribution in [3.63, 3.8) is 0 Å². The maximum atomic E-state index is 13.3. The zero-order chi connectivity index (χ0) is 25.1. The van der Waals surface area contributed by atoms with Gasteiger partial charge < -0.3 is 20.7 Å². The summed E-state index contributed by atoms with van der Waals surface area (Å²) in [7, 11) is 0. The Hall–Kier alpha value is -4.06. The van der Waals surface area contributed by atoms with E-state index in [4.69, 9.17) is 10.5 Å². The number of nitrogens with zero attached hydrogens (tertiary/aromatic N) is 4. The van der Waals surface area contributed by atoms with Crippen molar-refractivity contribution in [2.24, 2.45) is 0 Å². The highest BCUT2D eigenvalue weighted by Crippen LogP contribution is 2.48. The third-order valence-electron chi connectivity index (χ3n) is 6.84. The van der Waals surface area contributed by atoms with Gasteiger partial charge in [-0.1, -0.05) is 48.5 Å². The fraction of sp³-hybridized carbons (Fsp3) is 0.280. The molecule has 0 spiro atoms. The number of aliphatic hydroxyl groups is 2. The lowest BCUT2D eigenvalue weighted by atomic mass is 10.0. The smallest absolute Gasteiger partial charge is 0.280 e. The molecule has 1 fully saturated rings. The van der Waals surface area contributed by atoms with Crippen molar-refractivity contribution < 1.29 is 19.7 Å². The van der Waals surface area contributed by atoms with Crippen molar-refractivity contribution in [2.45, 2.75) is 37.8 Å². The Kier molecular flexibility index (Phi) is 5.14. The molecule has 36 heavy (non-hydrogen) atoms. The molecular weight excluding hydrogens is 464 g/mol. The summed E-state index contributed by atoms with van der Waals surface area (Å²) in [6.07, 6.45) is -2.54.